The second-order valence-corrected chi connectivity index (χ2v) is 7.66. The van der Waals surface area contributed by atoms with Crippen LogP contribution in [-0.4, -0.2) is 25.2 Å². The minimum Gasteiger partial charge on any atom is -0.496 e. The molecule has 0 fully saturated rings. The largest absolute Gasteiger partial charge is 0.496 e. The van der Waals surface area contributed by atoms with Gasteiger partial charge in [0, 0.05) is 5.56 Å². The molecule has 1 aromatic heterocycles. The van der Waals surface area contributed by atoms with E-state index in [0.717, 1.165) is 16.7 Å². The third kappa shape index (κ3) is 4.44. The van der Waals surface area contributed by atoms with E-state index in [9.17, 15) is 4.79 Å². The van der Waals surface area contributed by atoms with Crippen LogP contribution in [0.5, 0.6) is 11.5 Å². The molecule has 0 saturated heterocycles. The van der Waals surface area contributed by atoms with Crippen molar-refractivity contribution in [2.45, 2.75) is 6.61 Å². The topological polar surface area (TPSA) is 57.7 Å². The van der Waals surface area contributed by atoms with Crippen LogP contribution >= 0.6 is 11.3 Å². The summed E-state index contributed by atoms with van der Waals surface area (Å²) in [5.74, 6) is 0.865. The quantitative estimate of drug-likeness (QED) is 0.344. The van der Waals surface area contributed by atoms with Crippen LogP contribution < -0.4 is 9.47 Å². The van der Waals surface area contributed by atoms with Gasteiger partial charge in [0.2, 0.25) is 0 Å². The van der Waals surface area contributed by atoms with Crippen LogP contribution in [0.15, 0.2) is 78.9 Å². The molecular weight excluding hydrogens is 410 g/mol. The van der Waals surface area contributed by atoms with Gasteiger partial charge in [-0.15, -0.1) is 11.3 Å². The van der Waals surface area contributed by atoms with Gasteiger partial charge in [-0.25, -0.2) is 9.78 Å². The van der Waals surface area contributed by atoms with Gasteiger partial charge < -0.3 is 14.2 Å². The summed E-state index contributed by atoms with van der Waals surface area (Å²) >= 11 is 1.40. The van der Waals surface area contributed by atoms with Crippen molar-refractivity contribution < 1.29 is 19.0 Å². The van der Waals surface area contributed by atoms with E-state index in [0.29, 0.717) is 21.4 Å². The average Bonchev–Trinajstić information content (AvgIpc) is 3.28. The molecule has 6 heteroatoms. The molecule has 1 heterocycles. The molecule has 31 heavy (non-hydrogen) atoms. The van der Waals surface area contributed by atoms with Crippen molar-refractivity contribution in [2.24, 2.45) is 0 Å². The third-order valence-corrected chi connectivity index (χ3v) is 5.84. The van der Waals surface area contributed by atoms with Crippen LogP contribution in [-0.2, 0) is 11.3 Å². The van der Waals surface area contributed by atoms with Crippen LogP contribution in [0.4, 0.5) is 0 Å². The number of nitrogens with zero attached hydrogens (tertiary/aromatic N) is 1. The Morgan fingerprint density at radius 2 is 1.39 bits per heavy atom. The molecule has 3 aromatic carbocycles. The highest BCUT2D eigenvalue weighted by molar-refractivity contribution is 7.18. The summed E-state index contributed by atoms with van der Waals surface area (Å²) in [4.78, 5) is 18.4. The Labute approximate surface area is 184 Å². The lowest BCUT2D eigenvalue weighted by atomic mass is 10.1. The van der Waals surface area contributed by atoms with Gasteiger partial charge in [-0.3, -0.25) is 0 Å². The molecule has 0 bridgehead atoms. The predicted molar refractivity (Wildman–Crippen MR) is 122 cm³/mol. The van der Waals surface area contributed by atoms with Gasteiger partial charge >= 0.3 is 5.97 Å². The number of methoxy groups -OCH3 is 2. The summed E-state index contributed by atoms with van der Waals surface area (Å²) in [6, 6.07) is 24.7. The summed E-state index contributed by atoms with van der Waals surface area (Å²) in [5.41, 5.74) is 2.77. The average molecular weight is 432 g/mol. The smallest absolute Gasteiger partial charge is 0.358 e. The van der Waals surface area contributed by atoms with Crippen molar-refractivity contribution >= 4 is 17.3 Å². The van der Waals surface area contributed by atoms with E-state index in [-0.39, 0.29) is 12.3 Å². The molecule has 0 N–H and O–H groups in total. The van der Waals surface area contributed by atoms with Gasteiger partial charge in [0.15, 0.2) is 5.69 Å². The van der Waals surface area contributed by atoms with Gasteiger partial charge in [0.1, 0.15) is 23.1 Å². The number of para-hydroxylation sites is 2. The Hall–Kier alpha value is -3.64. The number of rotatable bonds is 7. The molecule has 0 aliphatic carbocycles. The maximum absolute atomic E-state index is 13.1. The van der Waals surface area contributed by atoms with Gasteiger partial charge in [0.25, 0.3) is 0 Å². The number of thiazole rings is 1. The number of carbonyl (C=O) groups excluding carboxylic acids is 1. The first-order chi connectivity index (χ1) is 15.2. The maximum atomic E-state index is 13.1. The molecule has 0 aliphatic rings. The van der Waals surface area contributed by atoms with Crippen LogP contribution in [0.3, 0.4) is 0 Å². The van der Waals surface area contributed by atoms with Crippen molar-refractivity contribution in [1.82, 2.24) is 4.98 Å². The molecule has 0 saturated carbocycles. The molecule has 0 amide bonds. The maximum Gasteiger partial charge on any atom is 0.358 e. The number of benzene rings is 3. The third-order valence-electron chi connectivity index (χ3n) is 4.72. The number of ether oxygens (including phenoxy) is 3. The fraction of sp³-hybridized carbons (Fsp3) is 0.120. The SMILES string of the molecule is COc1ccccc1-c1nc(C(=O)OCc2ccccc2)c(-c2ccccc2OC)s1. The Balaban J connectivity index is 1.77. The van der Waals surface area contributed by atoms with E-state index in [4.69, 9.17) is 14.2 Å². The van der Waals surface area contributed by atoms with Crippen molar-refractivity contribution in [3.8, 4) is 32.5 Å². The zero-order valence-corrected chi connectivity index (χ0v) is 18.0. The van der Waals surface area contributed by atoms with Crippen molar-refractivity contribution in [2.75, 3.05) is 14.2 Å². The summed E-state index contributed by atoms with van der Waals surface area (Å²) in [5, 5.41) is 0.671. The molecule has 0 atom stereocenters. The number of carbonyl (C=O) groups is 1. The Bertz CT molecular complexity index is 1190. The van der Waals surface area contributed by atoms with Crippen LogP contribution in [0.25, 0.3) is 21.0 Å². The van der Waals surface area contributed by atoms with E-state index in [1.165, 1.54) is 11.3 Å². The van der Waals surface area contributed by atoms with E-state index >= 15 is 0 Å². The molecule has 0 radical (unpaired) electrons. The molecule has 156 valence electrons. The van der Waals surface area contributed by atoms with Crippen molar-refractivity contribution in [3.63, 3.8) is 0 Å². The summed E-state index contributed by atoms with van der Waals surface area (Å²) in [6.07, 6.45) is 0. The molecule has 0 spiro atoms. The van der Waals surface area contributed by atoms with Gasteiger partial charge in [-0.05, 0) is 29.8 Å². The van der Waals surface area contributed by atoms with E-state index in [1.807, 2.05) is 78.9 Å². The van der Waals surface area contributed by atoms with Gasteiger partial charge in [0.05, 0.1) is 24.7 Å². The lowest BCUT2D eigenvalue weighted by molar-refractivity contribution is 0.0467. The Morgan fingerprint density at radius 3 is 2.06 bits per heavy atom. The number of aromatic nitrogens is 1. The zero-order chi connectivity index (χ0) is 21.6. The van der Waals surface area contributed by atoms with Crippen molar-refractivity contribution in [3.05, 3.63) is 90.1 Å². The number of hydrogen-bond acceptors (Lipinski definition) is 6. The fourth-order valence-corrected chi connectivity index (χ4v) is 4.31. The minimum absolute atomic E-state index is 0.173. The molecule has 0 unspecified atom stereocenters. The highest BCUT2D eigenvalue weighted by atomic mass is 32.1. The minimum atomic E-state index is -0.484. The van der Waals surface area contributed by atoms with Crippen LogP contribution in [0, 0.1) is 0 Å². The van der Waals surface area contributed by atoms with E-state index in [1.54, 1.807) is 14.2 Å². The first-order valence-electron chi connectivity index (χ1n) is 9.70. The summed E-state index contributed by atoms with van der Waals surface area (Å²) in [7, 11) is 3.22. The van der Waals surface area contributed by atoms with Crippen LogP contribution in [0.2, 0.25) is 0 Å². The normalized spacial score (nSPS) is 10.5. The molecule has 0 aliphatic heterocycles. The second kappa shape index (κ2) is 9.45. The molecular formula is C25H21NO4S. The lowest BCUT2D eigenvalue weighted by Crippen LogP contribution is -2.07. The fourth-order valence-electron chi connectivity index (χ4n) is 3.20. The summed E-state index contributed by atoms with van der Waals surface area (Å²) in [6.45, 7) is 0.173. The van der Waals surface area contributed by atoms with Gasteiger partial charge in [-0.1, -0.05) is 54.6 Å². The van der Waals surface area contributed by atoms with E-state index in [2.05, 4.69) is 4.98 Å². The lowest BCUT2D eigenvalue weighted by Gasteiger charge is -2.08. The molecule has 4 rings (SSSR count). The molecule has 4 aromatic rings. The Kier molecular flexibility index (Phi) is 6.29. The molecule has 5 nitrogen and oxygen atoms in total. The zero-order valence-electron chi connectivity index (χ0n) is 17.2. The predicted octanol–water partition coefficient (Wildman–Crippen LogP) is 5.85. The first kappa shape index (κ1) is 20.6. The van der Waals surface area contributed by atoms with Gasteiger partial charge in [-0.2, -0.15) is 0 Å². The monoisotopic (exact) mass is 431 g/mol. The summed E-state index contributed by atoms with van der Waals surface area (Å²) < 4.78 is 16.6. The highest BCUT2D eigenvalue weighted by Gasteiger charge is 2.24. The van der Waals surface area contributed by atoms with E-state index < -0.39 is 5.97 Å². The number of hydrogen-bond donors (Lipinski definition) is 0. The standard InChI is InChI=1S/C25H21NO4S/c1-28-20-14-8-6-12-18(20)23-22(25(27)30-16-17-10-4-3-5-11-17)26-24(31-23)19-13-7-9-15-21(19)29-2/h3-15H,16H2,1-2H3. The Morgan fingerprint density at radius 1 is 0.806 bits per heavy atom. The highest BCUT2D eigenvalue weighted by Crippen LogP contribution is 2.42. The number of esters is 1. The first-order valence-corrected chi connectivity index (χ1v) is 10.5. The van der Waals surface area contributed by atoms with Crippen molar-refractivity contribution in [1.29, 1.82) is 0 Å². The van der Waals surface area contributed by atoms with Crippen LogP contribution in [0.1, 0.15) is 16.1 Å². The second-order valence-electron chi connectivity index (χ2n) is 6.66.